The molecule has 0 unspecified atom stereocenters. The van der Waals surface area contributed by atoms with Crippen molar-refractivity contribution in [3.05, 3.63) is 36.5 Å². The van der Waals surface area contributed by atoms with E-state index in [0.717, 1.165) is 25.9 Å². The highest BCUT2D eigenvalue weighted by atomic mass is 16.5. The number of pyridine rings is 1. The molecule has 3 nitrogen and oxygen atoms in total. The second kappa shape index (κ2) is 7.88. The third-order valence-electron chi connectivity index (χ3n) is 2.13. The van der Waals surface area contributed by atoms with E-state index in [9.17, 15) is 0 Å². The SMILES string of the molecule is C=CCCOc1ccc(CNCCC)cn1. The van der Waals surface area contributed by atoms with Gasteiger partial charge >= 0.3 is 0 Å². The lowest BCUT2D eigenvalue weighted by molar-refractivity contribution is 0.312. The van der Waals surface area contributed by atoms with Gasteiger partial charge in [-0.25, -0.2) is 4.98 Å². The number of hydrogen-bond donors (Lipinski definition) is 1. The third-order valence-corrected chi connectivity index (χ3v) is 2.13. The van der Waals surface area contributed by atoms with Crippen molar-refractivity contribution in [1.29, 1.82) is 0 Å². The van der Waals surface area contributed by atoms with Crippen LogP contribution in [-0.4, -0.2) is 18.1 Å². The Bertz CT molecular complexity index is 295. The molecule has 0 amide bonds. The van der Waals surface area contributed by atoms with E-state index in [-0.39, 0.29) is 0 Å². The van der Waals surface area contributed by atoms with Crippen molar-refractivity contribution in [3.8, 4) is 5.88 Å². The summed E-state index contributed by atoms with van der Waals surface area (Å²) >= 11 is 0. The van der Waals surface area contributed by atoms with Crippen LogP contribution >= 0.6 is 0 Å². The van der Waals surface area contributed by atoms with E-state index in [1.54, 1.807) is 0 Å². The van der Waals surface area contributed by atoms with Gasteiger partial charge < -0.3 is 10.1 Å². The molecule has 16 heavy (non-hydrogen) atoms. The summed E-state index contributed by atoms with van der Waals surface area (Å²) in [6, 6.07) is 3.95. The maximum Gasteiger partial charge on any atom is 0.213 e. The number of nitrogens with zero attached hydrogens (tertiary/aromatic N) is 1. The van der Waals surface area contributed by atoms with Gasteiger partial charge in [-0.1, -0.05) is 19.1 Å². The zero-order chi connectivity index (χ0) is 11.6. The van der Waals surface area contributed by atoms with E-state index in [1.165, 1.54) is 5.56 Å². The van der Waals surface area contributed by atoms with Crippen LogP contribution in [0.1, 0.15) is 25.3 Å². The van der Waals surface area contributed by atoms with Crippen molar-refractivity contribution in [1.82, 2.24) is 10.3 Å². The van der Waals surface area contributed by atoms with Gasteiger partial charge in [0.2, 0.25) is 5.88 Å². The molecule has 1 rings (SSSR count). The lowest BCUT2D eigenvalue weighted by Gasteiger charge is -2.05. The minimum Gasteiger partial charge on any atom is -0.477 e. The minimum absolute atomic E-state index is 0.643. The molecule has 1 aromatic heterocycles. The molecule has 1 heterocycles. The molecule has 3 heteroatoms. The highest BCUT2D eigenvalue weighted by Crippen LogP contribution is 2.07. The fraction of sp³-hybridized carbons (Fsp3) is 0.462. The van der Waals surface area contributed by atoms with Crippen LogP contribution in [0, 0.1) is 0 Å². The first-order valence-corrected chi connectivity index (χ1v) is 5.76. The van der Waals surface area contributed by atoms with Gasteiger partial charge in [-0.05, 0) is 24.9 Å². The molecule has 0 saturated carbocycles. The quantitative estimate of drug-likeness (QED) is 0.540. The Labute approximate surface area is 97.5 Å². The summed E-state index contributed by atoms with van der Waals surface area (Å²) in [5, 5.41) is 3.33. The minimum atomic E-state index is 0.643. The van der Waals surface area contributed by atoms with Crippen LogP contribution in [0.25, 0.3) is 0 Å². The summed E-state index contributed by atoms with van der Waals surface area (Å²) in [5.41, 5.74) is 1.18. The van der Waals surface area contributed by atoms with Gasteiger partial charge in [-0.2, -0.15) is 0 Å². The van der Waals surface area contributed by atoms with Crippen molar-refractivity contribution < 1.29 is 4.74 Å². The van der Waals surface area contributed by atoms with Crippen molar-refractivity contribution >= 4 is 0 Å². The number of aromatic nitrogens is 1. The van der Waals surface area contributed by atoms with Crippen LogP contribution in [0.5, 0.6) is 5.88 Å². The standard InChI is InChI=1S/C13H20N2O/c1-3-5-9-16-13-7-6-12(11-15-13)10-14-8-4-2/h3,6-7,11,14H,1,4-5,8-10H2,2H3. The molecule has 0 spiro atoms. The summed E-state index contributed by atoms with van der Waals surface area (Å²) in [7, 11) is 0. The summed E-state index contributed by atoms with van der Waals surface area (Å²) in [4.78, 5) is 4.23. The third kappa shape index (κ3) is 4.94. The molecule has 0 aromatic carbocycles. The second-order valence-electron chi connectivity index (χ2n) is 3.61. The lowest BCUT2D eigenvalue weighted by atomic mass is 10.3. The maximum absolute atomic E-state index is 5.42. The molecule has 0 radical (unpaired) electrons. The summed E-state index contributed by atoms with van der Waals surface area (Å²) in [6.45, 7) is 8.34. The molecule has 0 saturated heterocycles. The molecule has 88 valence electrons. The first kappa shape index (κ1) is 12.7. The van der Waals surface area contributed by atoms with Crippen LogP contribution in [0.4, 0.5) is 0 Å². The monoisotopic (exact) mass is 220 g/mol. The van der Waals surface area contributed by atoms with Crippen molar-refractivity contribution in [2.24, 2.45) is 0 Å². The first-order valence-electron chi connectivity index (χ1n) is 5.76. The molecule has 0 bridgehead atoms. The van der Waals surface area contributed by atoms with Gasteiger partial charge in [0.15, 0.2) is 0 Å². The van der Waals surface area contributed by atoms with Crippen molar-refractivity contribution in [2.45, 2.75) is 26.3 Å². The largest absolute Gasteiger partial charge is 0.477 e. The number of nitrogens with one attached hydrogen (secondary N) is 1. The Kier molecular flexibility index (Phi) is 6.26. The Hall–Kier alpha value is -1.35. The predicted octanol–water partition coefficient (Wildman–Crippen LogP) is 2.54. The van der Waals surface area contributed by atoms with E-state index in [4.69, 9.17) is 4.74 Å². The predicted molar refractivity (Wildman–Crippen MR) is 66.5 cm³/mol. The Morgan fingerprint density at radius 2 is 2.38 bits per heavy atom. The van der Waals surface area contributed by atoms with Gasteiger partial charge in [-0.3, -0.25) is 0 Å². The summed E-state index contributed by atoms with van der Waals surface area (Å²) in [6.07, 6.45) is 5.69. The van der Waals surface area contributed by atoms with E-state index in [1.807, 2.05) is 24.4 Å². The highest BCUT2D eigenvalue weighted by molar-refractivity contribution is 5.17. The van der Waals surface area contributed by atoms with Crippen LogP contribution in [-0.2, 0) is 6.54 Å². The summed E-state index contributed by atoms with van der Waals surface area (Å²) in [5.74, 6) is 0.682. The fourth-order valence-electron chi connectivity index (χ4n) is 1.26. The van der Waals surface area contributed by atoms with Crippen LogP contribution in [0.15, 0.2) is 31.0 Å². The normalized spacial score (nSPS) is 10.1. The van der Waals surface area contributed by atoms with Crippen molar-refractivity contribution in [2.75, 3.05) is 13.2 Å². The lowest BCUT2D eigenvalue weighted by Crippen LogP contribution is -2.13. The van der Waals surface area contributed by atoms with Gasteiger partial charge in [0.05, 0.1) is 6.61 Å². The van der Waals surface area contributed by atoms with Gasteiger partial charge in [0, 0.05) is 18.8 Å². The van der Waals surface area contributed by atoms with Gasteiger partial charge in [-0.15, -0.1) is 6.58 Å². The van der Waals surface area contributed by atoms with Crippen LogP contribution in [0.3, 0.4) is 0 Å². The van der Waals surface area contributed by atoms with E-state index in [2.05, 4.69) is 23.8 Å². The smallest absolute Gasteiger partial charge is 0.213 e. The molecule has 0 atom stereocenters. The topological polar surface area (TPSA) is 34.1 Å². The zero-order valence-corrected chi connectivity index (χ0v) is 9.91. The van der Waals surface area contributed by atoms with Gasteiger partial charge in [0.1, 0.15) is 0 Å². The molecular formula is C13H20N2O. The number of rotatable bonds is 8. The fourth-order valence-corrected chi connectivity index (χ4v) is 1.26. The number of hydrogen-bond acceptors (Lipinski definition) is 3. The average molecular weight is 220 g/mol. The molecule has 1 aromatic rings. The number of ether oxygens (including phenoxy) is 1. The Morgan fingerprint density at radius 3 is 3.00 bits per heavy atom. The maximum atomic E-state index is 5.42. The van der Waals surface area contributed by atoms with Crippen molar-refractivity contribution in [3.63, 3.8) is 0 Å². The Balaban J connectivity index is 2.32. The van der Waals surface area contributed by atoms with Crippen LogP contribution < -0.4 is 10.1 Å². The molecule has 0 aliphatic carbocycles. The molecular weight excluding hydrogens is 200 g/mol. The second-order valence-corrected chi connectivity index (χ2v) is 3.61. The molecule has 0 fully saturated rings. The van der Waals surface area contributed by atoms with Gasteiger partial charge in [0.25, 0.3) is 0 Å². The summed E-state index contributed by atoms with van der Waals surface area (Å²) < 4.78 is 5.42. The van der Waals surface area contributed by atoms with Crippen LogP contribution in [0.2, 0.25) is 0 Å². The average Bonchev–Trinajstić information content (AvgIpc) is 2.32. The molecule has 0 aliphatic rings. The highest BCUT2D eigenvalue weighted by Gasteiger charge is 1.96. The molecule has 1 N–H and O–H groups in total. The van der Waals surface area contributed by atoms with E-state index >= 15 is 0 Å². The Morgan fingerprint density at radius 1 is 1.50 bits per heavy atom. The zero-order valence-electron chi connectivity index (χ0n) is 9.91. The first-order chi connectivity index (χ1) is 7.86. The van der Waals surface area contributed by atoms with E-state index in [0.29, 0.717) is 12.5 Å². The molecule has 0 aliphatic heterocycles. The van der Waals surface area contributed by atoms with E-state index < -0.39 is 0 Å².